The molecule has 2 N–H and O–H groups in total. The number of carbonyl (C=O) groups is 1. The molecule has 0 amide bonds. The predicted molar refractivity (Wildman–Crippen MR) is 59.7 cm³/mol. The van der Waals surface area contributed by atoms with Crippen LogP contribution in [0.4, 0.5) is 18.9 Å². The third kappa shape index (κ3) is 5.04. The first kappa shape index (κ1) is 15.1. The van der Waals surface area contributed by atoms with Crippen LogP contribution in [0, 0.1) is 0 Å². The lowest BCUT2D eigenvalue weighted by Crippen LogP contribution is -2.19. The van der Waals surface area contributed by atoms with Gasteiger partial charge in [-0.3, -0.25) is 0 Å². The van der Waals surface area contributed by atoms with Crippen LogP contribution in [0.1, 0.15) is 10.4 Å². The standard InChI is InChI=1S/C11H12F3NO4/c1-17-10(16)8-4-7(15)2-3-9(8)19-6-18-5-11(12,13)14/h2-4H,5-6,15H2,1H3. The number of benzene rings is 1. The predicted octanol–water partition coefficient (Wildman–Crippen LogP) is 1.97. The van der Waals surface area contributed by atoms with Crippen LogP contribution in [0.25, 0.3) is 0 Å². The maximum Gasteiger partial charge on any atom is 0.411 e. The maximum absolute atomic E-state index is 11.8. The van der Waals surface area contributed by atoms with E-state index in [9.17, 15) is 18.0 Å². The molecule has 19 heavy (non-hydrogen) atoms. The highest BCUT2D eigenvalue weighted by Crippen LogP contribution is 2.22. The van der Waals surface area contributed by atoms with E-state index in [0.29, 0.717) is 5.69 Å². The lowest BCUT2D eigenvalue weighted by molar-refractivity contribution is -0.186. The van der Waals surface area contributed by atoms with E-state index in [4.69, 9.17) is 10.5 Å². The Bertz CT molecular complexity index is 448. The van der Waals surface area contributed by atoms with Gasteiger partial charge in [-0.15, -0.1) is 0 Å². The molecule has 0 saturated heterocycles. The number of alkyl halides is 3. The fourth-order valence-electron chi connectivity index (χ4n) is 1.21. The summed E-state index contributed by atoms with van der Waals surface area (Å²) >= 11 is 0. The molecule has 106 valence electrons. The van der Waals surface area contributed by atoms with E-state index < -0.39 is 25.5 Å². The number of esters is 1. The number of nitrogen functional groups attached to an aromatic ring is 1. The molecule has 0 aromatic heterocycles. The van der Waals surface area contributed by atoms with Crippen molar-refractivity contribution in [2.75, 3.05) is 26.2 Å². The fraction of sp³-hybridized carbons (Fsp3) is 0.364. The van der Waals surface area contributed by atoms with Crippen molar-refractivity contribution >= 4 is 11.7 Å². The summed E-state index contributed by atoms with van der Waals surface area (Å²) < 4.78 is 49.2. The van der Waals surface area contributed by atoms with Gasteiger partial charge in [-0.25, -0.2) is 4.79 Å². The van der Waals surface area contributed by atoms with E-state index >= 15 is 0 Å². The zero-order valence-corrected chi connectivity index (χ0v) is 9.99. The second-order valence-electron chi connectivity index (χ2n) is 3.47. The number of ether oxygens (including phenoxy) is 3. The molecule has 0 aliphatic rings. The summed E-state index contributed by atoms with van der Waals surface area (Å²) in [5.41, 5.74) is 5.80. The van der Waals surface area contributed by atoms with E-state index in [0.717, 1.165) is 7.11 Å². The minimum atomic E-state index is -4.43. The van der Waals surface area contributed by atoms with Crippen LogP contribution in [0.5, 0.6) is 5.75 Å². The molecule has 0 aliphatic carbocycles. The Morgan fingerprint density at radius 2 is 2.05 bits per heavy atom. The summed E-state index contributed by atoms with van der Waals surface area (Å²) in [6.45, 7) is -2.08. The first-order chi connectivity index (χ1) is 8.83. The van der Waals surface area contributed by atoms with Gasteiger partial charge >= 0.3 is 12.1 Å². The van der Waals surface area contributed by atoms with Crippen molar-refractivity contribution < 1.29 is 32.2 Å². The summed E-state index contributed by atoms with van der Waals surface area (Å²) in [4.78, 5) is 11.4. The molecule has 5 nitrogen and oxygen atoms in total. The third-order valence-corrected chi connectivity index (χ3v) is 1.97. The van der Waals surface area contributed by atoms with Crippen molar-refractivity contribution in [2.45, 2.75) is 6.18 Å². The zero-order valence-electron chi connectivity index (χ0n) is 9.99. The molecular formula is C11H12F3NO4. The number of anilines is 1. The van der Waals surface area contributed by atoms with Gasteiger partial charge in [0.05, 0.1) is 7.11 Å². The van der Waals surface area contributed by atoms with Crippen molar-refractivity contribution in [2.24, 2.45) is 0 Å². The van der Waals surface area contributed by atoms with Gasteiger partial charge in [0.25, 0.3) is 0 Å². The van der Waals surface area contributed by atoms with E-state index in [1.54, 1.807) is 0 Å². The number of hydrogen-bond donors (Lipinski definition) is 1. The van der Waals surface area contributed by atoms with Gasteiger partial charge in [-0.1, -0.05) is 0 Å². The Morgan fingerprint density at radius 3 is 2.63 bits per heavy atom. The largest absolute Gasteiger partial charge is 0.467 e. The molecule has 0 atom stereocenters. The molecule has 0 spiro atoms. The van der Waals surface area contributed by atoms with Gasteiger partial charge in [-0.05, 0) is 18.2 Å². The summed E-state index contributed by atoms with van der Waals surface area (Å²) in [5.74, 6) is -0.679. The molecule has 1 aromatic rings. The van der Waals surface area contributed by atoms with Crippen LogP contribution in [-0.2, 0) is 9.47 Å². The molecule has 0 aliphatic heterocycles. The van der Waals surface area contributed by atoms with Crippen LogP contribution < -0.4 is 10.5 Å². The SMILES string of the molecule is COC(=O)c1cc(N)ccc1OCOCC(F)(F)F. The Kier molecular flexibility index (Phi) is 4.99. The van der Waals surface area contributed by atoms with Gasteiger partial charge in [0.2, 0.25) is 0 Å². The molecular weight excluding hydrogens is 267 g/mol. The first-order valence-electron chi connectivity index (χ1n) is 5.08. The third-order valence-electron chi connectivity index (χ3n) is 1.97. The van der Waals surface area contributed by atoms with Crippen molar-refractivity contribution in [1.29, 1.82) is 0 Å². The van der Waals surface area contributed by atoms with Gasteiger partial charge in [-0.2, -0.15) is 13.2 Å². The summed E-state index contributed by atoms with van der Waals surface area (Å²) in [6.07, 6.45) is -4.43. The van der Waals surface area contributed by atoms with Crippen LogP contribution in [-0.4, -0.2) is 32.7 Å². The Hall–Kier alpha value is -1.96. The number of nitrogens with two attached hydrogens (primary N) is 1. The normalized spacial score (nSPS) is 11.2. The number of hydrogen-bond acceptors (Lipinski definition) is 5. The average molecular weight is 279 g/mol. The minimum Gasteiger partial charge on any atom is -0.467 e. The first-order valence-corrected chi connectivity index (χ1v) is 5.08. The smallest absolute Gasteiger partial charge is 0.411 e. The monoisotopic (exact) mass is 279 g/mol. The Balaban J connectivity index is 2.65. The lowest BCUT2D eigenvalue weighted by Gasteiger charge is -2.12. The van der Waals surface area contributed by atoms with Crippen molar-refractivity contribution in [3.05, 3.63) is 23.8 Å². The van der Waals surface area contributed by atoms with Crippen molar-refractivity contribution in [3.63, 3.8) is 0 Å². The Morgan fingerprint density at radius 1 is 1.37 bits per heavy atom. The number of rotatable bonds is 5. The van der Waals surface area contributed by atoms with Gasteiger partial charge in [0, 0.05) is 5.69 Å². The van der Waals surface area contributed by atoms with E-state index in [1.807, 2.05) is 0 Å². The highest BCUT2D eigenvalue weighted by Gasteiger charge is 2.27. The van der Waals surface area contributed by atoms with Crippen molar-refractivity contribution in [1.82, 2.24) is 0 Å². The molecule has 0 saturated carbocycles. The van der Waals surface area contributed by atoms with E-state index in [-0.39, 0.29) is 11.3 Å². The van der Waals surface area contributed by atoms with Crippen LogP contribution >= 0.6 is 0 Å². The quantitative estimate of drug-likeness (QED) is 0.386. The molecule has 0 bridgehead atoms. The minimum absolute atomic E-state index is 0.0121. The molecule has 0 unspecified atom stereocenters. The molecule has 0 fully saturated rings. The topological polar surface area (TPSA) is 70.8 Å². The Labute approximate surface area is 107 Å². The van der Waals surface area contributed by atoms with Crippen LogP contribution in [0.2, 0.25) is 0 Å². The molecule has 0 radical (unpaired) electrons. The van der Waals surface area contributed by atoms with Crippen molar-refractivity contribution in [3.8, 4) is 5.75 Å². The molecule has 0 heterocycles. The molecule has 8 heteroatoms. The molecule has 1 rings (SSSR count). The second-order valence-corrected chi connectivity index (χ2v) is 3.47. The number of carbonyl (C=O) groups excluding carboxylic acids is 1. The summed E-state index contributed by atoms with van der Waals surface area (Å²) in [5, 5.41) is 0. The highest BCUT2D eigenvalue weighted by atomic mass is 19.4. The van der Waals surface area contributed by atoms with Crippen LogP contribution in [0.15, 0.2) is 18.2 Å². The van der Waals surface area contributed by atoms with Crippen LogP contribution in [0.3, 0.4) is 0 Å². The lowest BCUT2D eigenvalue weighted by atomic mass is 10.2. The summed E-state index contributed by atoms with van der Waals surface area (Å²) in [7, 11) is 1.16. The number of methoxy groups -OCH3 is 1. The second kappa shape index (κ2) is 6.28. The number of halogens is 3. The van der Waals surface area contributed by atoms with E-state index in [1.165, 1.54) is 18.2 Å². The van der Waals surface area contributed by atoms with E-state index in [2.05, 4.69) is 9.47 Å². The maximum atomic E-state index is 11.8. The fourth-order valence-corrected chi connectivity index (χ4v) is 1.21. The molecule has 1 aromatic carbocycles. The van der Waals surface area contributed by atoms with Gasteiger partial charge in [0.15, 0.2) is 6.79 Å². The van der Waals surface area contributed by atoms with Gasteiger partial charge < -0.3 is 19.9 Å². The average Bonchev–Trinajstić information content (AvgIpc) is 2.33. The van der Waals surface area contributed by atoms with Gasteiger partial charge in [0.1, 0.15) is 17.9 Å². The zero-order chi connectivity index (χ0) is 14.5. The highest BCUT2D eigenvalue weighted by molar-refractivity contribution is 5.93. The summed E-state index contributed by atoms with van der Waals surface area (Å²) in [6, 6.07) is 4.08.